The molecule has 0 radical (unpaired) electrons. The normalized spacial score (nSPS) is 14.2. The van der Waals surface area contributed by atoms with Crippen LogP contribution >= 0.6 is 11.6 Å². The number of aromatic amines is 1. The maximum Gasteiger partial charge on any atom is 0.254 e. The van der Waals surface area contributed by atoms with Gasteiger partial charge in [0.25, 0.3) is 11.8 Å². The maximum atomic E-state index is 14.6. The molecule has 1 aliphatic heterocycles. The Balaban J connectivity index is 1.66. The van der Waals surface area contributed by atoms with Crippen molar-refractivity contribution < 1.29 is 18.7 Å². The second-order valence-electron chi connectivity index (χ2n) is 7.72. The number of nitrogens with two attached hydrogens (primary N) is 1. The summed E-state index contributed by atoms with van der Waals surface area (Å²) < 4.78 is 19.9. The third-order valence-electron chi connectivity index (χ3n) is 5.76. The number of amides is 2. The van der Waals surface area contributed by atoms with Gasteiger partial charge < -0.3 is 20.4 Å². The number of nitrogens with one attached hydrogen (secondary N) is 1. The van der Waals surface area contributed by atoms with Gasteiger partial charge in [0.2, 0.25) is 0 Å². The molecule has 0 bridgehead atoms. The van der Waals surface area contributed by atoms with Crippen LogP contribution < -0.4 is 5.73 Å². The van der Waals surface area contributed by atoms with Crippen LogP contribution in [0.2, 0.25) is 5.02 Å². The van der Waals surface area contributed by atoms with Crippen molar-refractivity contribution in [1.29, 1.82) is 0 Å². The number of primary amides is 1. The number of halogens is 2. The third-order valence-corrected chi connectivity index (χ3v) is 6.00. The van der Waals surface area contributed by atoms with Crippen LogP contribution in [0.3, 0.4) is 0 Å². The lowest BCUT2D eigenvalue weighted by Gasteiger charge is -2.26. The van der Waals surface area contributed by atoms with Crippen LogP contribution in [0, 0.1) is 5.82 Å². The van der Waals surface area contributed by atoms with Gasteiger partial charge >= 0.3 is 0 Å². The number of ether oxygens (including phenoxy) is 1. The van der Waals surface area contributed by atoms with E-state index in [1.54, 1.807) is 41.3 Å². The molecular formula is C24H19ClFN3O3. The van der Waals surface area contributed by atoms with E-state index < -0.39 is 11.7 Å². The average Bonchev–Trinajstić information content (AvgIpc) is 3.16. The zero-order valence-corrected chi connectivity index (χ0v) is 17.7. The van der Waals surface area contributed by atoms with E-state index in [4.69, 9.17) is 22.1 Å². The lowest BCUT2D eigenvalue weighted by Crippen LogP contribution is -2.40. The molecule has 1 aromatic heterocycles. The molecule has 4 aromatic rings. The Morgan fingerprint density at radius 3 is 2.53 bits per heavy atom. The maximum absolute atomic E-state index is 14.6. The summed E-state index contributed by atoms with van der Waals surface area (Å²) >= 11 is 5.88. The van der Waals surface area contributed by atoms with Gasteiger partial charge in [-0.3, -0.25) is 9.59 Å². The number of carbonyl (C=O) groups is 2. The molecule has 0 unspecified atom stereocenters. The van der Waals surface area contributed by atoms with Crippen LogP contribution in [0.15, 0.2) is 48.5 Å². The Hall–Kier alpha value is -3.42. The zero-order valence-electron chi connectivity index (χ0n) is 17.0. The van der Waals surface area contributed by atoms with Crippen molar-refractivity contribution in [2.45, 2.75) is 0 Å². The van der Waals surface area contributed by atoms with Crippen molar-refractivity contribution in [2.24, 2.45) is 5.73 Å². The van der Waals surface area contributed by atoms with Gasteiger partial charge in [0.15, 0.2) is 0 Å². The smallest absolute Gasteiger partial charge is 0.254 e. The Morgan fingerprint density at radius 2 is 1.81 bits per heavy atom. The quantitative estimate of drug-likeness (QED) is 0.485. The number of aromatic nitrogens is 1. The molecule has 0 atom stereocenters. The van der Waals surface area contributed by atoms with E-state index in [9.17, 15) is 14.0 Å². The van der Waals surface area contributed by atoms with Crippen molar-refractivity contribution in [3.63, 3.8) is 0 Å². The summed E-state index contributed by atoms with van der Waals surface area (Å²) in [7, 11) is 0. The molecule has 3 N–H and O–H groups in total. The van der Waals surface area contributed by atoms with Crippen LogP contribution in [0.5, 0.6) is 0 Å². The summed E-state index contributed by atoms with van der Waals surface area (Å²) in [4.78, 5) is 30.0. The van der Waals surface area contributed by atoms with E-state index >= 15 is 0 Å². The molecule has 3 aromatic carbocycles. The number of morpholine rings is 1. The third kappa shape index (κ3) is 3.49. The summed E-state index contributed by atoms with van der Waals surface area (Å²) in [5, 5.41) is 1.80. The molecule has 0 spiro atoms. The van der Waals surface area contributed by atoms with E-state index in [0.717, 1.165) is 5.39 Å². The Kier molecular flexibility index (Phi) is 5.07. The van der Waals surface area contributed by atoms with E-state index in [1.807, 2.05) is 6.07 Å². The second kappa shape index (κ2) is 7.93. The molecule has 2 heterocycles. The van der Waals surface area contributed by atoms with Gasteiger partial charge in [0.05, 0.1) is 24.3 Å². The minimum absolute atomic E-state index is 0.0760. The number of benzene rings is 3. The summed E-state index contributed by atoms with van der Waals surface area (Å²) in [6, 6.07) is 13.1. The first-order valence-electron chi connectivity index (χ1n) is 10.1. The highest BCUT2D eigenvalue weighted by Crippen LogP contribution is 2.34. The molecule has 5 rings (SSSR count). The fraction of sp³-hybridized carbons (Fsp3) is 0.167. The molecule has 162 valence electrons. The summed E-state index contributed by atoms with van der Waals surface area (Å²) in [6.07, 6.45) is 0. The van der Waals surface area contributed by atoms with E-state index in [0.29, 0.717) is 59.4 Å². The summed E-state index contributed by atoms with van der Waals surface area (Å²) in [5.41, 5.74) is 8.47. The topological polar surface area (TPSA) is 88.4 Å². The number of carbonyl (C=O) groups excluding carboxylic acids is 2. The van der Waals surface area contributed by atoms with Crippen LogP contribution in [-0.2, 0) is 4.74 Å². The first kappa shape index (κ1) is 20.5. The molecule has 8 heteroatoms. The highest BCUT2D eigenvalue weighted by Gasteiger charge is 2.21. The number of fused-ring (bicyclic) bond motifs is 3. The molecule has 1 saturated heterocycles. The van der Waals surface area contributed by atoms with Crippen molar-refractivity contribution in [3.8, 4) is 11.1 Å². The fourth-order valence-corrected chi connectivity index (χ4v) is 4.32. The van der Waals surface area contributed by atoms with Crippen LogP contribution in [0.25, 0.3) is 32.9 Å². The first-order chi connectivity index (χ1) is 15.4. The summed E-state index contributed by atoms with van der Waals surface area (Å²) in [5.74, 6) is -1.21. The van der Waals surface area contributed by atoms with Gasteiger partial charge in [0.1, 0.15) is 5.82 Å². The number of hydrogen-bond donors (Lipinski definition) is 2. The van der Waals surface area contributed by atoms with Crippen LogP contribution in [-0.4, -0.2) is 48.0 Å². The molecule has 1 fully saturated rings. The minimum atomic E-state index is -0.637. The van der Waals surface area contributed by atoms with Crippen molar-refractivity contribution in [2.75, 3.05) is 26.3 Å². The number of H-pyrrole nitrogens is 1. The zero-order chi connectivity index (χ0) is 22.4. The second-order valence-corrected chi connectivity index (χ2v) is 8.16. The van der Waals surface area contributed by atoms with Crippen LogP contribution in [0.1, 0.15) is 20.7 Å². The molecular weight excluding hydrogens is 433 g/mol. The lowest BCUT2D eigenvalue weighted by atomic mass is 9.98. The molecule has 2 amide bonds. The van der Waals surface area contributed by atoms with Crippen molar-refractivity contribution >= 4 is 45.2 Å². The number of hydrogen-bond acceptors (Lipinski definition) is 3. The minimum Gasteiger partial charge on any atom is -0.378 e. The van der Waals surface area contributed by atoms with Gasteiger partial charge in [0, 0.05) is 45.5 Å². The monoisotopic (exact) mass is 451 g/mol. The predicted octanol–water partition coefficient (Wildman–Crippen LogP) is 4.35. The largest absolute Gasteiger partial charge is 0.378 e. The lowest BCUT2D eigenvalue weighted by molar-refractivity contribution is 0.0303. The Labute approximate surface area is 187 Å². The van der Waals surface area contributed by atoms with Gasteiger partial charge in [-0.25, -0.2) is 4.39 Å². The van der Waals surface area contributed by atoms with Gasteiger partial charge in [-0.1, -0.05) is 17.7 Å². The van der Waals surface area contributed by atoms with Crippen molar-refractivity contribution in [3.05, 3.63) is 70.5 Å². The number of nitrogens with zero attached hydrogens (tertiary/aromatic N) is 1. The summed E-state index contributed by atoms with van der Waals surface area (Å²) in [6.45, 7) is 2.13. The molecule has 32 heavy (non-hydrogen) atoms. The van der Waals surface area contributed by atoms with E-state index in [-0.39, 0.29) is 16.5 Å². The predicted molar refractivity (Wildman–Crippen MR) is 121 cm³/mol. The van der Waals surface area contributed by atoms with Gasteiger partial charge in [-0.15, -0.1) is 0 Å². The Morgan fingerprint density at radius 1 is 1.03 bits per heavy atom. The van der Waals surface area contributed by atoms with Crippen LogP contribution in [0.4, 0.5) is 4.39 Å². The molecule has 0 saturated carbocycles. The Bertz CT molecular complexity index is 1390. The molecule has 0 aliphatic carbocycles. The highest BCUT2D eigenvalue weighted by molar-refractivity contribution is 6.30. The van der Waals surface area contributed by atoms with Crippen molar-refractivity contribution in [1.82, 2.24) is 9.88 Å². The standard InChI is InChI=1S/C24H19ClFN3O3/c25-15-2-4-16(20(26)12-15)14-9-18-17-3-1-13(24(31)29-5-7-32-8-6-29)11-21(17)28-22(18)19(10-14)23(27)30/h1-4,9-12,28H,5-8H2,(H2,27,30). The fourth-order valence-electron chi connectivity index (χ4n) is 4.16. The van der Waals surface area contributed by atoms with E-state index in [1.165, 1.54) is 6.07 Å². The average molecular weight is 452 g/mol. The molecule has 6 nitrogen and oxygen atoms in total. The van der Waals surface area contributed by atoms with Gasteiger partial charge in [-0.2, -0.15) is 0 Å². The highest BCUT2D eigenvalue weighted by atomic mass is 35.5. The number of rotatable bonds is 3. The molecule has 1 aliphatic rings. The van der Waals surface area contributed by atoms with Gasteiger partial charge in [-0.05, 0) is 48.0 Å². The SMILES string of the molecule is NC(=O)c1cc(-c2ccc(Cl)cc2F)cc2c1[nH]c1cc(C(=O)N3CCOCC3)ccc12. The first-order valence-corrected chi connectivity index (χ1v) is 10.5. The van der Waals surface area contributed by atoms with E-state index in [2.05, 4.69) is 4.98 Å².